The van der Waals surface area contributed by atoms with Crippen molar-refractivity contribution in [2.24, 2.45) is 0 Å². The highest BCUT2D eigenvalue weighted by atomic mass is 16.5. The summed E-state index contributed by atoms with van der Waals surface area (Å²) >= 11 is 0. The Balaban J connectivity index is 2.18. The van der Waals surface area contributed by atoms with Crippen molar-refractivity contribution in [3.63, 3.8) is 0 Å². The summed E-state index contributed by atoms with van der Waals surface area (Å²) in [6.07, 6.45) is 0. The standard InChI is InChI=1S/C13H11N7O4/c1-2-24-13(23)12(22)16-9-4-7(6-14)3-8(5-9)15-11(21)10-17-19-20-18-10/h3-5H,2H2,1H3,(H,15,21)(H,16,22)(H,17,18,19,20). The van der Waals surface area contributed by atoms with Gasteiger partial charge in [-0.25, -0.2) is 4.79 Å². The third kappa shape index (κ3) is 4.10. The second-order valence-corrected chi connectivity index (χ2v) is 4.27. The van der Waals surface area contributed by atoms with E-state index in [0.717, 1.165) is 0 Å². The number of nitriles is 1. The van der Waals surface area contributed by atoms with E-state index in [2.05, 4.69) is 36.0 Å². The molecule has 0 saturated heterocycles. The number of aromatic nitrogens is 4. The second-order valence-electron chi connectivity index (χ2n) is 4.27. The molecule has 24 heavy (non-hydrogen) atoms. The fraction of sp³-hybridized carbons (Fsp3) is 0.154. The Kier molecular flexibility index (Phi) is 5.14. The van der Waals surface area contributed by atoms with Crippen LogP contribution in [0.3, 0.4) is 0 Å². The van der Waals surface area contributed by atoms with Crippen LogP contribution in [-0.2, 0) is 14.3 Å². The highest BCUT2D eigenvalue weighted by molar-refractivity contribution is 6.37. The number of anilines is 2. The molecule has 3 N–H and O–H groups in total. The van der Waals surface area contributed by atoms with Gasteiger partial charge in [0.05, 0.1) is 18.2 Å². The van der Waals surface area contributed by atoms with Crippen LogP contribution in [0.1, 0.15) is 23.1 Å². The van der Waals surface area contributed by atoms with Gasteiger partial charge in [-0.3, -0.25) is 9.59 Å². The number of amides is 2. The molecule has 1 aromatic heterocycles. The van der Waals surface area contributed by atoms with Gasteiger partial charge in [0, 0.05) is 11.4 Å². The molecule has 0 atom stereocenters. The lowest BCUT2D eigenvalue weighted by atomic mass is 10.2. The molecular weight excluding hydrogens is 318 g/mol. The molecule has 1 aromatic carbocycles. The van der Waals surface area contributed by atoms with Crippen molar-refractivity contribution in [1.29, 1.82) is 5.26 Å². The lowest BCUT2D eigenvalue weighted by Gasteiger charge is -2.08. The normalized spacial score (nSPS) is 9.67. The van der Waals surface area contributed by atoms with E-state index >= 15 is 0 Å². The van der Waals surface area contributed by atoms with E-state index in [1.165, 1.54) is 18.2 Å². The molecule has 2 amide bonds. The number of carbonyl (C=O) groups is 3. The van der Waals surface area contributed by atoms with E-state index in [-0.39, 0.29) is 29.4 Å². The summed E-state index contributed by atoms with van der Waals surface area (Å²) in [7, 11) is 0. The van der Waals surface area contributed by atoms with Crippen LogP contribution in [0.2, 0.25) is 0 Å². The van der Waals surface area contributed by atoms with E-state index < -0.39 is 17.8 Å². The van der Waals surface area contributed by atoms with Crippen LogP contribution >= 0.6 is 0 Å². The van der Waals surface area contributed by atoms with E-state index in [9.17, 15) is 14.4 Å². The highest BCUT2D eigenvalue weighted by Gasteiger charge is 2.16. The molecule has 1 heterocycles. The van der Waals surface area contributed by atoms with Crippen LogP contribution in [0.15, 0.2) is 18.2 Å². The van der Waals surface area contributed by atoms with Crippen molar-refractivity contribution < 1.29 is 19.1 Å². The Morgan fingerprint density at radius 3 is 2.54 bits per heavy atom. The van der Waals surface area contributed by atoms with Crippen LogP contribution in [0, 0.1) is 11.3 Å². The van der Waals surface area contributed by atoms with Crippen LogP contribution in [0.5, 0.6) is 0 Å². The number of tetrazole rings is 1. The average molecular weight is 329 g/mol. The molecule has 2 aromatic rings. The zero-order valence-electron chi connectivity index (χ0n) is 12.4. The number of nitrogens with one attached hydrogen (secondary N) is 3. The maximum absolute atomic E-state index is 11.9. The summed E-state index contributed by atoms with van der Waals surface area (Å²) in [6.45, 7) is 1.61. The SMILES string of the molecule is CCOC(=O)C(=O)Nc1cc(C#N)cc(NC(=O)c2nn[nH]n2)c1. The lowest BCUT2D eigenvalue weighted by molar-refractivity contribution is -0.152. The fourth-order valence-corrected chi connectivity index (χ4v) is 1.66. The number of nitrogens with zero attached hydrogens (tertiary/aromatic N) is 4. The molecule has 11 nitrogen and oxygen atoms in total. The minimum atomic E-state index is -1.06. The molecular formula is C13H11N7O4. The van der Waals surface area contributed by atoms with Gasteiger partial charge >= 0.3 is 11.9 Å². The molecule has 0 radical (unpaired) electrons. The molecule has 11 heteroatoms. The number of aromatic amines is 1. The third-order valence-electron chi connectivity index (χ3n) is 2.59. The molecule has 0 aliphatic rings. The Labute approximate surface area is 135 Å². The van der Waals surface area contributed by atoms with Crippen molar-refractivity contribution in [2.45, 2.75) is 6.92 Å². The maximum atomic E-state index is 11.9. The van der Waals surface area contributed by atoms with Gasteiger partial charge in [-0.2, -0.15) is 10.5 Å². The van der Waals surface area contributed by atoms with E-state index in [0.29, 0.717) is 0 Å². The molecule has 0 aliphatic carbocycles. The zero-order valence-corrected chi connectivity index (χ0v) is 12.4. The number of ether oxygens (including phenoxy) is 1. The summed E-state index contributed by atoms with van der Waals surface area (Å²) in [5.41, 5.74) is 0.485. The molecule has 0 saturated carbocycles. The minimum absolute atomic E-state index is 0.0521. The van der Waals surface area contributed by atoms with E-state index in [1.54, 1.807) is 6.92 Å². The third-order valence-corrected chi connectivity index (χ3v) is 2.59. The lowest BCUT2D eigenvalue weighted by Crippen LogP contribution is -2.25. The second kappa shape index (κ2) is 7.45. The number of rotatable bonds is 4. The fourth-order valence-electron chi connectivity index (χ4n) is 1.66. The Bertz CT molecular complexity index is 810. The van der Waals surface area contributed by atoms with Gasteiger partial charge in [0.1, 0.15) is 0 Å². The predicted molar refractivity (Wildman–Crippen MR) is 78.6 cm³/mol. The van der Waals surface area contributed by atoms with Gasteiger partial charge < -0.3 is 15.4 Å². The molecule has 0 fully saturated rings. The first-order chi connectivity index (χ1) is 11.5. The van der Waals surface area contributed by atoms with E-state index in [4.69, 9.17) is 5.26 Å². The average Bonchev–Trinajstić information content (AvgIpc) is 3.09. The first-order valence-corrected chi connectivity index (χ1v) is 6.61. The zero-order chi connectivity index (χ0) is 17.5. The summed E-state index contributed by atoms with van der Waals surface area (Å²) in [6, 6.07) is 5.94. The quantitative estimate of drug-likeness (QED) is 0.514. The monoisotopic (exact) mass is 329 g/mol. The van der Waals surface area contributed by atoms with Crippen LogP contribution in [0.4, 0.5) is 11.4 Å². The van der Waals surface area contributed by atoms with Crippen LogP contribution in [0.25, 0.3) is 0 Å². The number of hydrogen-bond acceptors (Lipinski definition) is 8. The van der Waals surface area contributed by atoms with Crippen molar-refractivity contribution in [1.82, 2.24) is 20.6 Å². The van der Waals surface area contributed by atoms with Gasteiger partial charge in [0.25, 0.3) is 11.7 Å². The number of hydrogen-bond donors (Lipinski definition) is 3. The molecule has 2 rings (SSSR count). The van der Waals surface area contributed by atoms with Crippen LogP contribution < -0.4 is 10.6 Å². The van der Waals surface area contributed by atoms with Gasteiger partial charge in [0.2, 0.25) is 0 Å². The van der Waals surface area contributed by atoms with Crippen molar-refractivity contribution in [3.05, 3.63) is 29.6 Å². The van der Waals surface area contributed by atoms with Crippen molar-refractivity contribution in [3.8, 4) is 6.07 Å². The van der Waals surface area contributed by atoms with Gasteiger partial charge in [0.15, 0.2) is 0 Å². The first kappa shape index (κ1) is 16.6. The van der Waals surface area contributed by atoms with E-state index in [1.807, 2.05) is 6.07 Å². The highest BCUT2D eigenvalue weighted by Crippen LogP contribution is 2.19. The number of H-pyrrole nitrogens is 1. The molecule has 122 valence electrons. The molecule has 0 bridgehead atoms. The largest absolute Gasteiger partial charge is 0.459 e. The Morgan fingerprint density at radius 1 is 1.25 bits per heavy atom. The summed E-state index contributed by atoms with van der Waals surface area (Å²) in [4.78, 5) is 34.8. The minimum Gasteiger partial charge on any atom is -0.459 e. The van der Waals surface area contributed by atoms with Gasteiger partial charge in [-0.05, 0) is 30.3 Å². The number of esters is 1. The number of carbonyl (C=O) groups excluding carboxylic acids is 3. The predicted octanol–water partition coefficient (Wildman–Crippen LogP) is -0.175. The topological polar surface area (TPSA) is 163 Å². The molecule has 0 spiro atoms. The van der Waals surface area contributed by atoms with Crippen molar-refractivity contribution >= 4 is 29.2 Å². The Hall–Kier alpha value is -3.81. The van der Waals surface area contributed by atoms with Crippen molar-refractivity contribution in [2.75, 3.05) is 17.2 Å². The number of benzene rings is 1. The summed E-state index contributed by atoms with van der Waals surface area (Å²) < 4.78 is 4.56. The van der Waals surface area contributed by atoms with Crippen LogP contribution in [-0.4, -0.2) is 45.0 Å². The van der Waals surface area contributed by atoms with Gasteiger partial charge in [-0.15, -0.1) is 10.2 Å². The smallest absolute Gasteiger partial charge is 0.397 e. The maximum Gasteiger partial charge on any atom is 0.397 e. The van der Waals surface area contributed by atoms with Gasteiger partial charge in [-0.1, -0.05) is 0 Å². The molecule has 0 unspecified atom stereocenters. The molecule has 0 aliphatic heterocycles. The Morgan fingerprint density at radius 2 is 1.96 bits per heavy atom. The first-order valence-electron chi connectivity index (χ1n) is 6.61. The summed E-state index contributed by atoms with van der Waals surface area (Å²) in [5.74, 6) is -2.92. The summed E-state index contributed by atoms with van der Waals surface area (Å²) in [5, 5.41) is 26.2.